The van der Waals surface area contributed by atoms with Gasteiger partial charge >= 0.3 is 0 Å². The van der Waals surface area contributed by atoms with E-state index in [9.17, 15) is 14.7 Å². The molecule has 4 rings (SSSR count). The highest BCUT2D eigenvalue weighted by Crippen LogP contribution is 2.36. The van der Waals surface area contributed by atoms with Crippen LogP contribution in [0.2, 0.25) is 0 Å². The minimum atomic E-state index is -0.488. The molecule has 1 heterocycles. The number of rotatable bonds is 6. The summed E-state index contributed by atoms with van der Waals surface area (Å²) in [7, 11) is 1.53. The summed E-state index contributed by atoms with van der Waals surface area (Å²) in [6, 6.07) is 17.1. The van der Waals surface area contributed by atoms with Crippen LogP contribution in [-0.2, 0) is 4.79 Å². The van der Waals surface area contributed by atoms with E-state index in [1.54, 1.807) is 25.1 Å². The van der Waals surface area contributed by atoms with Crippen molar-refractivity contribution in [1.29, 1.82) is 0 Å². The van der Waals surface area contributed by atoms with Gasteiger partial charge in [-0.1, -0.05) is 24.3 Å². The van der Waals surface area contributed by atoms with Gasteiger partial charge in [0, 0.05) is 28.1 Å². The Balaban J connectivity index is 1.46. The number of benzene rings is 3. The van der Waals surface area contributed by atoms with Gasteiger partial charge in [-0.3, -0.25) is 9.59 Å². The smallest absolute Gasteiger partial charge is 0.271 e. The van der Waals surface area contributed by atoms with Crippen LogP contribution in [0.1, 0.15) is 23.7 Å². The molecule has 0 fully saturated rings. The minimum absolute atomic E-state index is 0.0203. The van der Waals surface area contributed by atoms with Crippen LogP contribution in [0.3, 0.4) is 0 Å². The number of anilines is 1. The zero-order valence-electron chi connectivity index (χ0n) is 17.5. The number of hydrazone groups is 1. The number of aromatic hydroxyl groups is 1. The number of fused-ring (bicyclic) bond motifs is 3. The van der Waals surface area contributed by atoms with Gasteiger partial charge in [-0.05, 0) is 37.3 Å². The fraction of sp³-hybridized carbons (Fsp3) is 0.125. The molecule has 0 saturated carbocycles. The first-order valence-electron chi connectivity index (χ1n) is 9.86. The monoisotopic (exact) mass is 431 g/mol. The van der Waals surface area contributed by atoms with Crippen LogP contribution in [0.15, 0.2) is 70.2 Å². The van der Waals surface area contributed by atoms with Crippen molar-refractivity contribution in [3.63, 3.8) is 0 Å². The Morgan fingerprint density at radius 1 is 1.03 bits per heavy atom. The Hall–Kier alpha value is -4.33. The Kier molecular flexibility index (Phi) is 5.76. The van der Waals surface area contributed by atoms with E-state index in [-0.39, 0.29) is 23.6 Å². The van der Waals surface area contributed by atoms with Gasteiger partial charge in [0.25, 0.3) is 5.91 Å². The molecule has 1 aromatic heterocycles. The van der Waals surface area contributed by atoms with Gasteiger partial charge in [0.1, 0.15) is 22.7 Å². The Labute approximate surface area is 183 Å². The van der Waals surface area contributed by atoms with Crippen molar-refractivity contribution in [1.82, 2.24) is 5.43 Å². The SMILES string of the molecule is COc1cc2c(cc1NC(=O)C/C(C)=N/NC(=O)c1cccc(O)c1)oc1ccccc12. The maximum absolute atomic E-state index is 12.5. The number of carbonyl (C=O) groups is 2. The van der Waals surface area contributed by atoms with Crippen molar-refractivity contribution in [3.8, 4) is 11.5 Å². The first-order valence-corrected chi connectivity index (χ1v) is 9.86. The third-order valence-electron chi connectivity index (χ3n) is 4.85. The van der Waals surface area contributed by atoms with Gasteiger partial charge in [0.05, 0.1) is 19.2 Å². The quantitative estimate of drug-likeness (QED) is 0.309. The van der Waals surface area contributed by atoms with E-state index in [2.05, 4.69) is 15.8 Å². The van der Waals surface area contributed by atoms with Crippen LogP contribution in [0.25, 0.3) is 21.9 Å². The summed E-state index contributed by atoms with van der Waals surface area (Å²) < 4.78 is 11.3. The minimum Gasteiger partial charge on any atom is -0.508 e. The summed E-state index contributed by atoms with van der Waals surface area (Å²) in [5, 5.41) is 18.1. The number of ether oxygens (including phenoxy) is 1. The van der Waals surface area contributed by atoms with Crippen LogP contribution in [0, 0.1) is 0 Å². The van der Waals surface area contributed by atoms with Crippen LogP contribution < -0.4 is 15.5 Å². The molecular weight excluding hydrogens is 410 g/mol. The third kappa shape index (κ3) is 4.39. The summed E-state index contributed by atoms with van der Waals surface area (Å²) in [5.74, 6) is -0.332. The molecule has 32 heavy (non-hydrogen) atoms. The van der Waals surface area contributed by atoms with Crippen molar-refractivity contribution in [2.75, 3.05) is 12.4 Å². The lowest BCUT2D eigenvalue weighted by atomic mass is 10.1. The Morgan fingerprint density at radius 3 is 2.62 bits per heavy atom. The normalized spacial score (nSPS) is 11.5. The number of phenolic OH excluding ortho intramolecular Hbond substituents is 1. The number of amides is 2. The van der Waals surface area contributed by atoms with E-state index in [0.29, 0.717) is 22.7 Å². The number of phenols is 1. The highest BCUT2D eigenvalue weighted by Gasteiger charge is 2.15. The molecular formula is C24H21N3O5. The van der Waals surface area contributed by atoms with Crippen LogP contribution in [0.5, 0.6) is 11.5 Å². The molecule has 8 heteroatoms. The van der Waals surface area contributed by atoms with E-state index in [1.165, 1.54) is 19.2 Å². The molecule has 8 nitrogen and oxygen atoms in total. The number of carbonyl (C=O) groups excluding carboxylic acids is 2. The molecule has 2 amide bonds. The van der Waals surface area contributed by atoms with Crippen molar-refractivity contribution in [3.05, 3.63) is 66.2 Å². The fourth-order valence-electron chi connectivity index (χ4n) is 3.34. The highest BCUT2D eigenvalue weighted by molar-refractivity contribution is 6.10. The standard InChI is InChI=1S/C24H21N3O5/c1-14(26-27-24(30)15-6-5-7-16(28)11-15)10-23(29)25-19-13-21-18(12-22(19)31-2)17-8-3-4-9-20(17)32-21/h3-9,11-13,28H,10H2,1-2H3,(H,25,29)(H,27,30)/b26-14+. The second-order valence-electron chi connectivity index (χ2n) is 7.21. The van der Waals surface area contributed by atoms with E-state index < -0.39 is 5.91 Å². The first-order chi connectivity index (χ1) is 15.4. The summed E-state index contributed by atoms with van der Waals surface area (Å²) in [6.07, 6.45) is -0.0400. The number of nitrogens with one attached hydrogen (secondary N) is 2. The van der Waals surface area contributed by atoms with Gasteiger partial charge in [-0.2, -0.15) is 5.10 Å². The van der Waals surface area contributed by atoms with E-state index in [4.69, 9.17) is 9.15 Å². The fourth-order valence-corrected chi connectivity index (χ4v) is 3.34. The highest BCUT2D eigenvalue weighted by atomic mass is 16.5. The number of para-hydroxylation sites is 1. The Morgan fingerprint density at radius 2 is 1.84 bits per heavy atom. The molecule has 0 aliphatic rings. The number of hydrogen-bond donors (Lipinski definition) is 3. The molecule has 0 bridgehead atoms. The molecule has 0 radical (unpaired) electrons. The second kappa shape index (κ2) is 8.81. The molecule has 3 N–H and O–H groups in total. The molecule has 0 atom stereocenters. The average Bonchev–Trinajstić information content (AvgIpc) is 3.14. The molecule has 4 aromatic rings. The van der Waals surface area contributed by atoms with Gasteiger partial charge in [0.2, 0.25) is 5.91 Å². The predicted molar refractivity (Wildman–Crippen MR) is 122 cm³/mol. The predicted octanol–water partition coefficient (Wildman–Crippen LogP) is 4.43. The Bertz CT molecular complexity index is 1360. The van der Waals surface area contributed by atoms with Crippen molar-refractivity contribution in [2.45, 2.75) is 13.3 Å². The molecule has 0 aliphatic heterocycles. The van der Waals surface area contributed by atoms with Crippen LogP contribution in [0.4, 0.5) is 5.69 Å². The van der Waals surface area contributed by atoms with Crippen LogP contribution in [-0.4, -0.2) is 29.7 Å². The van der Waals surface area contributed by atoms with Crippen LogP contribution >= 0.6 is 0 Å². The summed E-state index contributed by atoms with van der Waals surface area (Å²) in [5.41, 5.74) is 4.89. The van der Waals surface area contributed by atoms with E-state index in [1.807, 2.05) is 30.3 Å². The number of nitrogens with zero attached hydrogens (tertiary/aromatic N) is 1. The average molecular weight is 431 g/mol. The van der Waals surface area contributed by atoms with Crippen molar-refractivity contribution in [2.24, 2.45) is 5.10 Å². The number of methoxy groups -OCH3 is 1. The van der Waals surface area contributed by atoms with Gasteiger partial charge in [-0.25, -0.2) is 5.43 Å². The molecule has 0 aliphatic carbocycles. The zero-order chi connectivity index (χ0) is 22.7. The molecule has 0 saturated heterocycles. The molecule has 0 spiro atoms. The van der Waals surface area contributed by atoms with Gasteiger partial charge < -0.3 is 19.6 Å². The van der Waals surface area contributed by atoms with Crippen molar-refractivity contribution < 1.29 is 23.8 Å². The molecule has 162 valence electrons. The van der Waals surface area contributed by atoms with Gasteiger partial charge in [0.15, 0.2) is 0 Å². The van der Waals surface area contributed by atoms with Crippen molar-refractivity contribution >= 4 is 45.2 Å². The number of furan rings is 1. The molecule has 0 unspecified atom stereocenters. The zero-order valence-corrected chi connectivity index (χ0v) is 17.5. The lowest BCUT2D eigenvalue weighted by Gasteiger charge is -2.10. The third-order valence-corrected chi connectivity index (χ3v) is 4.85. The number of hydrogen-bond acceptors (Lipinski definition) is 6. The van der Waals surface area contributed by atoms with E-state index in [0.717, 1.165) is 16.4 Å². The first kappa shape index (κ1) is 20.9. The van der Waals surface area contributed by atoms with E-state index >= 15 is 0 Å². The molecule has 3 aromatic carbocycles. The second-order valence-corrected chi connectivity index (χ2v) is 7.21. The summed E-state index contributed by atoms with van der Waals surface area (Å²) in [6.45, 7) is 1.63. The lowest BCUT2D eigenvalue weighted by molar-refractivity contribution is -0.115. The largest absolute Gasteiger partial charge is 0.508 e. The maximum Gasteiger partial charge on any atom is 0.271 e. The summed E-state index contributed by atoms with van der Waals surface area (Å²) in [4.78, 5) is 24.6. The maximum atomic E-state index is 12.5. The summed E-state index contributed by atoms with van der Waals surface area (Å²) >= 11 is 0. The van der Waals surface area contributed by atoms with Gasteiger partial charge in [-0.15, -0.1) is 0 Å². The lowest BCUT2D eigenvalue weighted by Crippen LogP contribution is -2.21. The topological polar surface area (TPSA) is 113 Å².